The first-order valence-corrected chi connectivity index (χ1v) is 6.68. The second kappa shape index (κ2) is 5.77. The van der Waals surface area contributed by atoms with Crippen molar-refractivity contribution < 1.29 is 21.6 Å². The van der Waals surface area contributed by atoms with E-state index < -0.39 is 29.3 Å². The number of alkyl halides is 3. The van der Waals surface area contributed by atoms with E-state index in [-0.39, 0.29) is 14.2 Å². The summed E-state index contributed by atoms with van der Waals surface area (Å²) in [6.07, 6.45) is -4.73. The van der Waals surface area contributed by atoms with Gasteiger partial charge in [0.25, 0.3) is 0 Å². The summed E-state index contributed by atoms with van der Waals surface area (Å²) in [7, 11) is -4.41. The average Bonchev–Trinajstić information content (AvgIpc) is 2.26. The highest BCUT2D eigenvalue weighted by Gasteiger charge is 2.37. The number of benzene rings is 1. The van der Waals surface area contributed by atoms with Crippen LogP contribution in [0, 0.1) is 11.3 Å². The Bertz CT molecular complexity index is 596. The molecule has 0 atom stereocenters. The maximum atomic E-state index is 12.3. The standard InChI is InChI=1S/C10H8ClF3N2O2S/c11-8-2-1-3-9(6-8)19(17,18)16(5-4-15)7-10(12,13)14/h1-3,6H,5,7H2. The van der Waals surface area contributed by atoms with Crippen molar-refractivity contribution in [2.24, 2.45) is 0 Å². The molecule has 0 saturated carbocycles. The minimum atomic E-state index is -4.73. The molecule has 1 aromatic carbocycles. The highest BCUT2D eigenvalue weighted by Crippen LogP contribution is 2.23. The molecule has 1 aromatic rings. The van der Waals surface area contributed by atoms with Crippen LogP contribution in [-0.2, 0) is 10.0 Å². The van der Waals surface area contributed by atoms with E-state index in [1.807, 2.05) is 0 Å². The zero-order valence-corrected chi connectivity index (χ0v) is 10.9. The summed E-state index contributed by atoms with van der Waals surface area (Å²) in [6.45, 7) is -2.62. The summed E-state index contributed by atoms with van der Waals surface area (Å²) < 4.78 is 60.9. The molecule has 0 amide bonds. The highest BCUT2D eigenvalue weighted by molar-refractivity contribution is 7.89. The molecule has 0 aliphatic rings. The van der Waals surface area contributed by atoms with Crippen LogP contribution in [0.3, 0.4) is 0 Å². The Morgan fingerprint density at radius 1 is 1.37 bits per heavy atom. The molecule has 104 valence electrons. The van der Waals surface area contributed by atoms with Gasteiger partial charge in [-0.1, -0.05) is 17.7 Å². The quantitative estimate of drug-likeness (QED) is 0.802. The molecular weight excluding hydrogens is 305 g/mol. The van der Waals surface area contributed by atoms with Crippen molar-refractivity contribution in [2.45, 2.75) is 11.1 Å². The van der Waals surface area contributed by atoms with Crippen LogP contribution in [0.25, 0.3) is 0 Å². The van der Waals surface area contributed by atoms with E-state index >= 15 is 0 Å². The van der Waals surface area contributed by atoms with Crippen LogP contribution in [0.5, 0.6) is 0 Å². The summed E-state index contributed by atoms with van der Waals surface area (Å²) in [5.74, 6) is 0. The molecule has 19 heavy (non-hydrogen) atoms. The van der Waals surface area contributed by atoms with Gasteiger partial charge in [0.15, 0.2) is 0 Å². The molecule has 9 heteroatoms. The molecular formula is C10H8ClF3N2O2S. The normalized spacial score (nSPS) is 12.4. The molecule has 0 aliphatic heterocycles. The van der Waals surface area contributed by atoms with Gasteiger partial charge < -0.3 is 0 Å². The maximum Gasteiger partial charge on any atom is 0.402 e. The van der Waals surface area contributed by atoms with Gasteiger partial charge in [-0.05, 0) is 18.2 Å². The predicted octanol–water partition coefficient (Wildman–Crippen LogP) is 2.42. The fraction of sp³-hybridized carbons (Fsp3) is 0.300. The third-order valence-corrected chi connectivity index (χ3v) is 4.06. The van der Waals surface area contributed by atoms with E-state index in [2.05, 4.69) is 0 Å². The Labute approximate surface area is 113 Å². The van der Waals surface area contributed by atoms with Crippen LogP contribution in [-0.4, -0.2) is 32.0 Å². The van der Waals surface area contributed by atoms with Crippen molar-refractivity contribution >= 4 is 21.6 Å². The zero-order chi connectivity index (χ0) is 14.7. The second-order valence-electron chi connectivity index (χ2n) is 3.50. The van der Waals surface area contributed by atoms with Crippen molar-refractivity contribution in [1.29, 1.82) is 5.26 Å². The fourth-order valence-electron chi connectivity index (χ4n) is 1.28. The topological polar surface area (TPSA) is 61.2 Å². The lowest BCUT2D eigenvalue weighted by Gasteiger charge is -2.20. The number of halogens is 4. The van der Waals surface area contributed by atoms with E-state index in [9.17, 15) is 21.6 Å². The molecule has 0 radical (unpaired) electrons. The molecule has 0 heterocycles. The number of sulfonamides is 1. The largest absolute Gasteiger partial charge is 0.402 e. The summed E-state index contributed by atoms with van der Waals surface area (Å²) in [4.78, 5) is -0.389. The van der Waals surface area contributed by atoms with Gasteiger partial charge in [-0.15, -0.1) is 0 Å². The molecule has 1 rings (SSSR count). The summed E-state index contributed by atoms with van der Waals surface area (Å²) >= 11 is 5.60. The van der Waals surface area contributed by atoms with E-state index in [0.717, 1.165) is 12.1 Å². The molecule has 0 fully saturated rings. The number of rotatable bonds is 4. The van der Waals surface area contributed by atoms with Gasteiger partial charge in [-0.3, -0.25) is 0 Å². The SMILES string of the molecule is N#CCN(CC(F)(F)F)S(=O)(=O)c1cccc(Cl)c1. The van der Waals surface area contributed by atoms with Crippen LogP contribution in [0.2, 0.25) is 5.02 Å². The van der Waals surface area contributed by atoms with Gasteiger partial charge in [0.2, 0.25) is 10.0 Å². The minimum Gasteiger partial charge on any atom is -0.207 e. The van der Waals surface area contributed by atoms with Gasteiger partial charge in [-0.25, -0.2) is 8.42 Å². The first-order valence-electron chi connectivity index (χ1n) is 4.86. The summed E-state index contributed by atoms with van der Waals surface area (Å²) in [6, 6.07) is 6.22. The molecule has 0 unspecified atom stereocenters. The average molecular weight is 313 g/mol. The van der Waals surface area contributed by atoms with Crippen LogP contribution in [0.15, 0.2) is 29.2 Å². The molecule has 0 saturated heterocycles. The summed E-state index contributed by atoms with van der Waals surface area (Å²) in [5, 5.41) is 8.52. The Morgan fingerprint density at radius 2 is 2.00 bits per heavy atom. The predicted molar refractivity (Wildman–Crippen MR) is 61.9 cm³/mol. The Balaban J connectivity index is 3.17. The van der Waals surface area contributed by atoms with Gasteiger partial charge in [0.05, 0.1) is 11.0 Å². The molecule has 0 N–H and O–H groups in total. The van der Waals surface area contributed by atoms with Crippen molar-refractivity contribution in [3.63, 3.8) is 0 Å². The van der Waals surface area contributed by atoms with Crippen LogP contribution in [0.4, 0.5) is 13.2 Å². The van der Waals surface area contributed by atoms with Gasteiger partial charge >= 0.3 is 6.18 Å². The number of nitrogens with zero attached hydrogens (tertiary/aromatic N) is 2. The van der Waals surface area contributed by atoms with Crippen LogP contribution in [0.1, 0.15) is 0 Å². The van der Waals surface area contributed by atoms with Crippen LogP contribution >= 0.6 is 11.6 Å². The molecule has 4 nitrogen and oxygen atoms in total. The Morgan fingerprint density at radius 3 is 2.47 bits per heavy atom. The molecule has 0 aliphatic carbocycles. The number of nitriles is 1. The third-order valence-electron chi connectivity index (χ3n) is 2.04. The van der Waals surface area contributed by atoms with Crippen molar-refractivity contribution in [3.05, 3.63) is 29.3 Å². The van der Waals surface area contributed by atoms with Crippen molar-refractivity contribution in [1.82, 2.24) is 4.31 Å². The van der Waals surface area contributed by atoms with E-state index in [1.165, 1.54) is 18.2 Å². The first-order chi connectivity index (χ1) is 8.66. The summed E-state index contributed by atoms with van der Waals surface area (Å²) in [5.41, 5.74) is 0. The Hall–Kier alpha value is -1.30. The number of hydrogen-bond donors (Lipinski definition) is 0. The maximum absolute atomic E-state index is 12.3. The third kappa shape index (κ3) is 4.38. The molecule has 0 bridgehead atoms. The lowest BCUT2D eigenvalue weighted by molar-refractivity contribution is -0.135. The first kappa shape index (κ1) is 15.8. The van der Waals surface area contributed by atoms with E-state index in [0.29, 0.717) is 0 Å². The Kier molecular flexibility index (Phi) is 4.79. The highest BCUT2D eigenvalue weighted by atomic mass is 35.5. The molecule has 0 aromatic heterocycles. The smallest absolute Gasteiger partial charge is 0.207 e. The van der Waals surface area contributed by atoms with Crippen LogP contribution < -0.4 is 0 Å². The monoisotopic (exact) mass is 312 g/mol. The van der Waals surface area contributed by atoms with E-state index in [4.69, 9.17) is 16.9 Å². The number of hydrogen-bond acceptors (Lipinski definition) is 3. The lowest BCUT2D eigenvalue weighted by atomic mass is 10.4. The van der Waals surface area contributed by atoms with Gasteiger partial charge in [0, 0.05) is 5.02 Å². The van der Waals surface area contributed by atoms with Crippen molar-refractivity contribution in [3.8, 4) is 6.07 Å². The minimum absolute atomic E-state index is 0.0542. The van der Waals surface area contributed by atoms with Gasteiger partial charge in [0.1, 0.15) is 13.1 Å². The van der Waals surface area contributed by atoms with Crippen molar-refractivity contribution in [2.75, 3.05) is 13.1 Å². The van der Waals surface area contributed by atoms with E-state index in [1.54, 1.807) is 0 Å². The second-order valence-corrected chi connectivity index (χ2v) is 5.88. The lowest BCUT2D eigenvalue weighted by Crippen LogP contribution is -2.39. The fourth-order valence-corrected chi connectivity index (χ4v) is 2.90. The zero-order valence-electron chi connectivity index (χ0n) is 9.35. The van der Waals surface area contributed by atoms with Gasteiger partial charge in [-0.2, -0.15) is 22.7 Å². The molecule has 0 spiro atoms.